The zero-order valence-electron chi connectivity index (χ0n) is 16.6. The van der Waals surface area contributed by atoms with Crippen LogP contribution in [0.3, 0.4) is 0 Å². The second-order valence-corrected chi connectivity index (χ2v) is 9.09. The van der Waals surface area contributed by atoms with Gasteiger partial charge < -0.3 is 20.3 Å². The topological polar surface area (TPSA) is 74.4 Å². The summed E-state index contributed by atoms with van der Waals surface area (Å²) < 4.78 is 5.43. The summed E-state index contributed by atoms with van der Waals surface area (Å²) in [5.74, 6) is 0.576. The Morgan fingerprint density at radius 3 is 2.63 bits per heavy atom. The van der Waals surface area contributed by atoms with Crippen LogP contribution >= 0.6 is 11.3 Å². The van der Waals surface area contributed by atoms with Gasteiger partial charge in [-0.05, 0) is 44.2 Å². The molecule has 27 heavy (non-hydrogen) atoms. The number of piperazine rings is 1. The number of thiophene rings is 1. The number of fused-ring (bicyclic) bond motifs is 1. The Morgan fingerprint density at radius 2 is 1.93 bits per heavy atom. The average Bonchev–Trinajstić information content (AvgIpc) is 3.08. The lowest BCUT2D eigenvalue weighted by molar-refractivity contribution is 0.0186. The van der Waals surface area contributed by atoms with E-state index in [1.807, 2.05) is 37.0 Å². The van der Waals surface area contributed by atoms with Crippen LogP contribution in [-0.2, 0) is 17.7 Å². The summed E-state index contributed by atoms with van der Waals surface area (Å²) in [6.45, 7) is 12.0. The van der Waals surface area contributed by atoms with Gasteiger partial charge in [0, 0.05) is 50.7 Å². The molecule has 0 aliphatic carbocycles. The monoisotopic (exact) mass is 393 g/mol. The highest BCUT2D eigenvalue weighted by molar-refractivity contribution is 7.10. The molecule has 0 unspecified atom stereocenters. The van der Waals surface area contributed by atoms with Crippen molar-refractivity contribution in [3.63, 3.8) is 0 Å². The molecule has 1 aromatic rings. The van der Waals surface area contributed by atoms with Crippen LogP contribution in [0.25, 0.3) is 0 Å². The number of nitrogens with zero attached hydrogens (tertiary/aromatic N) is 4. The first-order chi connectivity index (χ1) is 12.8. The van der Waals surface area contributed by atoms with Gasteiger partial charge in [0.2, 0.25) is 0 Å². The zero-order chi connectivity index (χ0) is 19.4. The molecule has 2 aliphatic heterocycles. The molecule has 8 heteroatoms. The van der Waals surface area contributed by atoms with Gasteiger partial charge in [-0.15, -0.1) is 11.3 Å². The summed E-state index contributed by atoms with van der Waals surface area (Å²) in [5.41, 5.74) is 7.17. The fraction of sp³-hybridized carbons (Fsp3) is 0.684. The Hall–Kier alpha value is -1.80. The quantitative estimate of drug-likeness (QED) is 0.628. The number of hydrogen-bond donors (Lipinski definition) is 1. The summed E-state index contributed by atoms with van der Waals surface area (Å²) in [7, 11) is 0. The number of guanidine groups is 1. The maximum Gasteiger partial charge on any atom is 0.410 e. The lowest BCUT2D eigenvalue weighted by atomic mass is 10.1. The second kappa shape index (κ2) is 8.48. The predicted molar refractivity (Wildman–Crippen MR) is 109 cm³/mol. The molecule has 3 heterocycles. The van der Waals surface area contributed by atoms with Crippen molar-refractivity contribution in [3.8, 4) is 0 Å². The van der Waals surface area contributed by atoms with E-state index in [1.54, 1.807) is 4.90 Å². The van der Waals surface area contributed by atoms with Crippen molar-refractivity contribution < 1.29 is 9.53 Å². The van der Waals surface area contributed by atoms with E-state index < -0.39 is 5.60 Å². The fourth-order valence-corrected chi connectivity index (χ4v) is 4.24. The minimum absolute atomic E-state index is 0.254. The van der Waals surface area contributed by atoms with Gasteiger partial charge >= 0.3 is 6.09 Å². The van der Waals surface area contributed by atoms with E-state index in [-0.39, 0.29) is 6.09 Å². The first-order valence-electron chi connectivity index (χ1n) is 9.62. The fourth-order valence-electron chi connectivity index (χ4n) is 3.35. The Kier molecular flexibility index (Phi) is 6.26. The smallest absolute Gasteiger partial charge is 0.410 e. The third-order valence-corrected chi connectivity index (χ3v) is 5.86. The van der Waals surface area contributed by atoms with Gasteiger partial charge in [0.15, 0.2) is 5.96 Å². The van der Waals surface area contributed by atoms with Crippen LogP contribution < -0.4 is 5.73 Å². The van der Waals surface area contributed by atoms with Gasteiger partial charge in [0.05, 0.1) is 6.54 Å². The lowest BCUT2D eigenvalue weighted by Gasteiger charge is -2.36. The number of carbonyl (C=O) groups is 1. The number of hydrogen-bond acceptors (Lipinski definition) is 5. The Bertz CT molecular complexity index is 674. The van der Waals surface area contributed by atoms with Gasteiger partial charge in [-0.3, -0.25) is 9.89 Å². The molecule has 2 aliphatic rings. The van der Waals surface area contributed by atoms with Gasteiger partial charge in [-0.1, -0.05) is 0 Å². The molecule has 3 rings (SSSR count). The number of aliphatic imine (C=N–C) groups is 1. The summed E-state index contributed by atoms with van der Waals surface area (Å²) >= 11 is 1.86. The number of rotatable bonds is 3. The van der Waals surface area contributed by atoms with Crippen molar-refractivity contribution in [3.05, 3.63) is 21.9 Å². The number of carbonyl (C=O) groups excluding carboxylic acids is 1. The molecule has 0 atom stereocenters. The van der Waals surface area contributed by atoms with Crippen LogP contribution in [-0.4, -0.2) is 78.2 Å². The summed E-state index contributed by atoms with van der Waals surface area (Å²) in [6, 6.07) is 2.23. The van der Waals surface area contributed by atoms with E-state index in [0.717, 1.165) is 26.1 Å². The van der Waals surface area contributed by atoms with E-state index in [4.69, 9.17) is 10.5 Å². The highest BCUT2D eigenvalue weighted by Crippen LogP contribution is 2.23. The maximum atomic E-state index is 12.1. The number of ether oxygens (including phenoxy) is 1. The van der Waals surface area contributed by atoms with Crippen molar-refractivity contribution in [2.24, 2.45) is 10.7 Å². The van der Waals surface area contributed by atoms with E-state index in [1.165, 1.54) is 10.4 Å². The summed E-state index contributed by atoms with van der Waals surface area (Å²) in [4.78, 5) is 24.4. The first-order valence-corrected chi connectivity index (χ1v) is 10.5. The largest absolute Gasteiger partial charge is 0.444 e. The van der Waals surface area contributed by atoms with E-state index >= 15 is 0 Å². The van der Waals surface area contributed by atoms with E-state index in [9.17, 15) is 4.79 Å². The van der Waals surface area contributed by atoms with Crippen LogP contribution in [0.1, 0.15) is 31.2 Å². The molecule has 1 aromatic heterocycles. The molecule has 0 radical (unpaired) electrons. The molecule has 7 nitrogen and oxygen atoms in total. The minimum Gasteiger partial charge on any atom is -0.444 e. The molecule has 0 spiro atoms. The van der Waals surface area contributed by atoms with Crippen molar-refractivity contribution >= 4 is 23.4 Å². The molecule has 1 saturated heterocycles. The Labute approximate surface area is 165 Å². The van der Waals surface area contributed by atoms with E-state index in [0.29, 0.717) is 38.7 Å². The number of nitrogens with two attached hydrogens (primary N) is 1. The molecule has 2 N–H and O–H groups in total. The van der Waals surface area contributed by atoms with Crippen LogP contribution in [0.2, 0.25) is 0 Å². The van der Waals surface area contributed by atoms with Crippen molar-refractivity contribution in [2.75, 3.05) is 45.8 Å². The standard InChI is InChI=1S/C19H31N5O2S/c1-19(2,3)26-18(25)24-11-9-23(10-12-24)17(20)21-6-8-22-7-4-16-15(14-22)5-13-27-16/h5,13H,4,6-12,14H2,1-3H3,(H2,20,21). The van der Waals surface area contributed by atoms with E-state index in [2.05, 4.69) is 21.3 Å². The predicted octanol–water partition coefficient (Wildman–Crippen LogP) is 1.97. The van der Waals surface area contributed by atoms with Gasteiger partial charge in [0.1, 0.15) is 5.60 Å². The normalized spacial score (nSPS) is 19.1. The highest BCUT2D eigenvalue weighted by Gasteiger charge is 2.26. The highest BCUT2D eigenvalue weighted by atomic mass is 32.1. The van der Waals surface area contributed by atoms with Crippen LogP contribution in [0.4, 0.5) is 4.79 Å². The Balaban J connectivity index is 1.40. The number of amides is 1. The van der Waals surface area contributed by atoms with Crippen molar-refractivity contribution in [1.82, 2.24) is 14.7 Å². The molecular formula is C19H31N5O2S. The van der Waals surface area contributed by atoms with Gasteiger partial charge in [0.25, 0.3) is 0 Å². The van der Waals surface area contributed by atoms with Gasteiger partial charge in [-0.25, -0.2) is 4.79 Å². The zero-order valence-corrected chi connectivity index (χ0v) is 17.4. The molecule has 0 aromatic carbocycles. The van der Waals surface area contributed by atoms with Crippen LogP contribution in [0.15, 0.2) is 16.4 Å². The van der Waals surface area contributed by atoms with Crippen LogP contribution in [0, 0.1) is 0 Å². The molecule has 1 amide bonds. The second-order valence-electron chi connectivity index (χ2n) is 8.09. The lowest BCUT2D eigenvalue weighted by Crippen LogP contribution is -2.53. The molecule has 1 fully saturated rings. The van der Waals surface area contributed by atoms with Crippen LogP contribution in [0.5, 0.6) is 0 Å². The molecular weight excluding hydrogens is 362 g/mol. The Morgan fingerprint density at radius 1 is 1.22 bits per heavy atom. The molecule has 0 bridgehead atoms. The maximum absolute atomic E-state index is 12.1. The summed E-state index contributed by atoms with van der Waals surface area (Å²) in [5, 5.41) is 2.18. The summed E-state index contributed by atoms with van der Waals surface area (Å²) in [6.07, 6.45) is 0.884. The minimum atomic E-state index is -0.465. The van der Waals surface area contributed by atoms with Gasteiger partial charge in [-0.2, -0.15) is 0 Å². The molecule has 150 valence electrons. The third-order valence-electron chi connectivity index (χ3n) is 4.83. The van der Waals surface area contributed by atoms with Crippen molar-refractivity contribution in [2.45, 2.75) is 39.3 Å². The average molecular weight is 394 g/mol. The first kappa shape index (κ1) is 19.9. The third kappa shape index (κ3) is 5.59. The molecule has 0 saturated carbocycles. The SMILES string of the molecule is CC(C)(C)OC(=O)N1CCN(C(N)=NCCN2CCc3sccc3C2)CC1. The van der Waals surface area contributed by atoms with Crippen molar-refractivity contribution in [1.29, 1.82) is 0 Å².